The van der Waals surface area contributed by atoms with Gasteiger partial charge in [0.1, 0.15) is 0 Å². The predicted octanol–water partition coefficient (Wildman–Crippen LogP) is -0.601. The fourth-order valence-corrected chi connectivity index (χ4v) is 0.584. The molecule has 1 atom stereocenters. The lowest BCUT2D eigenvalue weighted by Crippen LogP contribution is -2.29. The minimum Gasteiger partial charge on any atom is -0.291 e. The Bertz CT molecular complexity index is 91.7. The van der Waals surface area contributed by atoms with Crippen LogP contribution in [0.25, 0.3) is 0 Å². The minimum absolute atomic E-state index is 0.0903. The maximum atomic E-state index is 10.3. The SMILES string of the molecule is C[C@H]1CC(=O)NN1. The highest BCUT2D eigenvalue weighted by atomic mass is 16.2. The first-order valence-corrected chi connectivity index (χ1v) is 2.33. The number of carbonyl (C=O) groups is 1. The third kappa shape index (κ3) is 0.899. The monoisotopic (exact) mass is 100 g/mol. The zero-order valence-electron chi connectivity index (χ0n) is 4.19. The lowest BCUT2D eigenvalue weighted by Gasteiger charge is -1.93. The number of hydrogen-bond donors (Lipinski definition) is 2. The Balaban J connectivity index is 2.40. The lowest BCUT2D eigenvalue weighted by molar-refractivity contribution is -0.119. The standard InChI is InChI=1S/C4H8N2O/c1-3-2-4(7)6-5-3/h3,5H,2H2,1H3,(H,6,7)/t3-/m0/s1. The molecule has 2 N–H and O–H groups in total. The van der Waals surface area contributed by atoms with Crippen LogP contribution in [-0.2, 0) is 4.79 Å². The molecule has 40 valence electrons. The Morgan fingerprint density at radius 2 is 2.57 bits per heavy atom. The van der Waals surface area contributed by atoms with Crippen LogP contribution in [0.3, 0.4) is 0 Å². The van der Waals surface area contributed by atoms with Crippen molar-refractivity contribution in [1.82, 2.24) is 10.9 Å². The van der Waals surface area contributed by atoms with Gasteiger partial charge in [-0.05, 0) is 6.92 Å². The van der Waals surface area contributed by atoms with Crippen molar-refractivity contribution in [3.63, 3.8) is 0 Å². The lowest BCUT2D eigenvalue weighted by atomic mass is 10.3. The van der Waals surface area contributed by atoms with E-state index in [0.29, 0.717) is 12.5 Å². The van der Waals surface area contributed by atoms with Crippen LogP contribution in [0.1, 0.15) is 13.3 Å². The molecule has 1 rings (SSSR count). The highest BCUT2D eigenvalue weighted by molar-refractivity contribution is 5.77. The molecule has 0 radical (unpaired) electrons. The molecule has 1 fully saturated rings. The van der Waals surface area contributed by atoms with Crippen molar-refractivity contribution in [2.45, 2.75) is 19.4 Å². The van der Waals surface area contributed by atoms with E-state index in [-0.39, 0.29) is 5.91 Å². The average Bonchev–Trinajstić information content (AvgIpc) is 1.87. The van der Waals surface area contributed by atoms with Gasteiger partial charge in [-0.25, -0.2) is 5.43 Å². The molecular formula is C4H8N2O. The molecule has 1 heterocycles. The minimum atomic E-state index is 0.0903. The first-order chi connectivity index (χ1) is 3.29. The van der Waals surface area contributed by atoms with E-state index in [4.69, 9.17) is 0 Å². The van der Waals surface area contributed by atoms with Gasteiger partial charge in [-0.1, -0.05) is 0 Å². The first kappa shape index (κ1) is 4.59. The van der Waals surface area contributed by atoms with E-state index in [2.05, 4.69) is 10.9 Å². The van der Waals surface area contributed by atoms with Crippen LogP contribution in [0.5, 0.6) is 0 Å². The molecule has 0 aromatic carbocycles. The molecular weight excluding hydrogens is 92.1 g/mol. The molecule has 0 bridgehead atoms. The molecule has 1 aliphatic heterocycles. The molecule has 3 heteroatoms. The third-order valence-electron chi connectivity index (χ3n) is 0.950. The molecule has 1 saturated heterocycles. The summed E-state index contributed by atoms with van der Waals surface area (Å²) in [6.45, 7) is 1.96. The summed E-state index contributed by atoms with van der Waals surface area (Å²) in [5.74, 6) is 0.0903. The van der Waals surface area contributed by atoms with Gasteiger partial charge in [0.05, 0.1) is 0 Å². The molecule has 0 aromatic heterocycles. The molecule has 7 heavy (non-hydrogen) atoms. The van der Waals surface area contributed by atoms with Crippen molar-refractivity contribution < 1.29 is 4.79 Å². The quantitative estimate of drug-likeness (QED) is 0.426. The Hall–Kier alpha value is -0.570. The van der Waals surface area contributed by atoms with E-state index in [1.807, 2.05) is 6.92 Å². The molecule has 0 aliphatic carbocycles. The molecule has 1 aliphatic rings. The fourth-order valence-electron chi connectivity index (χ4n) is 0.584. The van der Waals surface area contributed by atoms with Crippen LogP contribution >= 0.6 is 0 Å². The summed E-state index contributed by atoms with van der Waals surface area (Å²) < 4.78 is 0. The van der Waals surface area contributed by atoms with E-state index in [1.165, 1.54) is 0 Å². The summed E-state index contributed by atoms with van der Waals surface area (Å²) >= 11 is 0. The number of amides is 1. The van der Waals surface area contributed by atoms with Crippen LogP contribution in [0.4, 0.5) is 0 Å². The van der Waals surface area contributed by atoms with Crippen LogP contribution in [-0.4, -0.2) is 11.9 Å². The Labute approximate surface area is 42.1 Å². The highest BCUT2D eigenvalue weighted by Crippen LogP contribution is 1.93. The van der Waals surface area contributed by atoms with Crippen molar-refractivity contribution in [3.05, 3.63) is 0 Å². The van der Waals surface area contributed by atoms with E-state index in [9.17, 15) is 4.79 Å². The van der Waals surface area contributed by atoms with Gasteiger partial charge < -0.3 is 0 Å². The molecule has 0 aromatic rings. The maximum absolute atomic E-state index is 10.3. The fraction of sp³-hybridized carbons (Fsp3) is 0.750. The van der Waals surface area contributed by atoms with Crippen LogP contribution in [0.2, 0.25) is 0 Å². The van der Waals surface area contributed by atoms with Gasteiger partial charge >= 0.3 is 0 Å². The average molecular weight is 100 g/mol. The largest absolute Gasteiger partial charge is 0.291 e. The van der Waals surface area contributed by atoms with Gasteiger partial charge in [0.15, 0.2) is 0 Å². The topological polar surface area (TPSA) is 41.1 Å². The number of hydrogen-bond acceptors (Lipinski definition) is 2. The van der Waals surface area contributed by atoms with Crippen molar-refractivity contribution in [3.8, 4) is 0 Å². The molecule has 0 unspecified atom stereocenters. The van der Waals surface area contributed by atoms with Gasteiger partial charge in [-0.3, -0.25) is 10.2 Å². The van der Waals surface area contributed by atoms with Crippen LogP contribution in [0, 0.1) is 0 Å². The second kappa shape index (κ2) is 1.50. The smallest absolute Gasteiger partial charge is 0.235 e. The van der Waals surface area contributed by atoms with Gasteiger partial charge in [0.25, 0.3) is 0 Å². The number of carbonyl (C=O) groups excluding carboxylic acids is 1. The summed E-state index contributed by atoms with van der Waals surface area (Å²) in [5.41, 5.74) is 5.25. The number of rotatable bonds is 0. The maximum Gasteiger partial charge on any atom is 0.235 e. The summed E-state index contributed by atoms with van der Waals surface area (Å²) in [6.07, 6.45) is 0.611. The second-order valence-corrected chi connectivity index (χ2v) is 1.80. The zero-order valence-corrected chi connectivity index (χ0v) is 4.19. The molecule has 1 amide bonds. The number of nitrogens with one attached hydrogen (secondary N) is 2. The molecule has 0 spiro atoms. The zero-order chi connectivity index (χ0) is 5.28. The van der Waals surface area contributed by atoms with Crippen molar-refractivity contribution in [1.29, 1.82) is 0 Å². The highest BCUT2D eigenvalue weighted by Gasteiger charge is 2.14. The first-order valence-electron chi connectivity index (χ1n) is 2.33. The van der Waals surface area contributed by atoms with Crippen molar-refractivity contribution >= 4 is 5.91 Å². The van der Waals surface area contributed by atoms with E-state index < -0.39 is 0 Å². The van der Waals surface area contributed by atoms with Gasteiger partial charge in [0.2, 0.25) is 5.91 Å². The third-order valence-corrected chi connectivity index (χ3v) is 0.950. The van der Waals surface area contributed by atoms with Crippen LogP contribution < -0.4 is 10.9 Å². The summed E-state index contributed by atoms with van der Waals surface area (Å²) in [4.78, 5) is 10.3. The van der Waals surface area contributed by atoms with E-state index in [0.717, 1.165) is 0 Å². The molecule has 3 nitrogen and oxygen atoms in total. The second-order valence-electron chi connectivity index (χ2n) is 1.80. The van der Waals surface area contributed by atoms with Gasteiger partial charge in [0, 0.05) is 12.5 Å². The Morgan fingerprint density at radius 1 is 1.86 bits per heavy atom. The number of hydrazine groups is 1. The van der Waals surface area contributed by atoms with Gasteiger partial charge in [-0.15, -0.1) is 0 Å². The van der Waals surface area contributed by atoms with Crippen LogP contribution in [0.15, 0.2) is 0 Å². The van der Waals surface area contributed by atoms with Crippen molar-refractivity contribution in [2.24, 2.45) is 0 Å². The summed E-state index contributed by atoms with van der Waals surface area (Å²) in [7, 11) is 0. The van der Waals surface area contributed by atoms with E-state index in [1.54, 1.807) is 0 Å². The normalized spacial score (nSPS) is 30.4. The summed E-state index contributed by atoms with van der Waals surface area (Å²) in [5, 5.41) is 0. The summed E-state index contributed by atoms with van der Waals surface area (Å²) in [6, 6.07) is 0.312. The Morgan fingerprint density at radius 3 is 2.71 bits per heavy atom. The van der Waals surface area contributed by atoms with E-state index >= 15 is 0 Å². The molecule has 0 saturated carbocycles. The predicted molar refractivity (Wildman–Crippen MR) is 25.4 cm³/mol. The van der Waals surface area contributed by atoms with Crippen molar-refractivity contribution in [2.75, 3.05) is 0 Å². The van der Waals surface area contributed by atoms with Gasteiger partial charge in [-0.2, -0.15) is 0 Å². The Kier molecular flexibility index (Phi) is 0.982.